The number of aliphatic hydroxyl groups is 1. The minimum atomic E-state index is -0.792. The second-order valence-corrected chi connectivity index (χ2v) is 6.49. The maximum absolute atomic E-state index is 10.3. The zero-order valence-corrected chi connectivity index (χ0v) is 12.8. The van der Waals surface area contributed by atoms with Crippen LogP contribution >= 0.6 is 0 Å². The molecule has 2 aliphatic rings. The number of aromatic nitrogens is 1. The topological polar surface area (TPSA) is 36.4 Å². The standard InChI is InChI=1S/C18H24N2O/c1-18(21,16-8-9-16)10-5-13-20-12-3-2-7-17(20)15-6-4-11-19-14-15/h4,6,11,14,16-17,21H,2-3,7-9,12-13H2,1H3/t17-,18-/m1/s1. The highest BCUT2D eigenvalue weighted by molar-refractivity contribution is 5.19. The fourth-order valence-corrected chi connectivity index (χ4v) is 3.20. The SMILES string of the molecule is C[C@@](O)(C#CCN1CCCC[C@@H]1c1cccnc1)C1CC1. The average Bonchev–Trinajstić information content (AvgIpc) is 3.34. The van der Waals surface area contributed by atoms with Crippen LogP contribution in [0.5, 0.6) is 0 Å². The predicted molar refractivity (Wildman–Crippen MR) is 83.5 cm³/mol. The Morgan fingerprint density at radius 1 is 1.38 bits per heavy atom. The summed E-state index contributed by atoms with van der Waals surface area (Å²) in [6, 6.07) is 4.59. The molecular weight excluding hydrogens is 260 g/mol. The summed E-state index contributed by atoms with van der Waals surface area (Å²) in [5.41, 5.74) is 0.493. The van der Waals surface area contributed by atoms with Crippen molar-refractivity contribution in [2.75, 3.05) is 13.1 Å². The van der Waals surface area contributed by atoms with Gasteiger partial charge in [0.2, 0.25) is 0 Å². The Labute approximate surface area is 127 Å². The van der Waals surface area contributed by atoms with Gasteiger partial charge in [-0.05, 0) is 56.7 Å². The van der Waals surface area contributed by atoms with Gasteiger partial charge in [0.25, 0.3) is 0 Å². The second-order valence-electron chi connectivity index (χ2n) is 6.49. The van der Waals surface area contributed by atoms with Crippen molar-refractivity contribution in [3.05, 3.63) is 30.1 Å². The van der Waals surface area contributed by atoms with Gasteiger partial charge in [0.05, 0.1) is 6.54 Å². The maximum atomic E-state index is 10.3. The highest BCUT2D eigenvalue weighted by Gasteiger charge is 2.38. The number of nitrogens with zero attached hydrogens (tertiary/aromatic N) is 2. The van der Waals surface area contributed by atoms with Crippen molar-refractivity contribution in [2.45, 2.75) is 50.7 Å². The lowest BCUT2D eigenvalue weighted by Gasteiger charge is -2.34. The molecule has 0 amide bonds. The first-order chi connectivity index (χ1) is 10.2. The molecule has 0 radical (unpaired) electrons. The van der Waals surface area contributed by atoms with Crippen molar-refractivity contribution in [1.29, 1.82) is 0 Å². The molecule has 3 rings (SSSR count). The lowest BCUT2D eigenvalue weighted by atomic mass is 9.96. The molecule has 1 saturated carbocycles. The largest absolute Gasteiger partial charge is 0.378 e. The van der Waals surface area contributed by atoms with Crippen LogP contribution < -0.4 is 0 Å². The molecule has 21 heavy (non-hydrogen) atoms. The summed E-state index contributed by atoms with van der Waals surface area (Å²) in [6.07, 6.45) is 9.70. The summed E-state index contributed by atoms with van der Waals surface area (Å²) in [5, 5.41) is 10.3. The van der Waals surface area contributed by atoms with Crippen LogP contribution in [0.1, 0.15) is 50.6 Å². The van der Waals surface area contributed by atoms with E-state index in [4.69, 9.17) is 0 Å². The Hall–Kier alpha value is -1.37. The molecule has 112 valence electrons. The number of likely N-dealkylation sites (tertiary alicyclic amines) is 1. The van der Waals surface area contributed by atoms with Crippen LogP contribution in [0.3, 0.4) is 0 Å². The fourth-order valence-electron chi connectivity index (χ4n) is 3.20. The molecule has 1 aromatic heterocycles. The van der Waals surface area contributed by atoms with Crippen LogP contribution in [-0.2, 0) is 0 Å². The molecule has 1 saturated heterocycles. The lowest BCUT2D eigenvalue weighted by molar-refractivity contribution is 0.0975. The summed E-state index contributed by atoms with van der Waals surface area (Å²) in [6.45, 7) is 3.68. The van der Waals surface area contributed by atoms with E-state index in [1.54, 1.807) is 0 Å². The molecule has 0 spiro atoms. The Kier molecular flexibility index (Phi) is 4.28. The van der Waals surface area contributed by atoms with Gasteiger partial charge in [-0.1, -0.05) is 24.3 Å². The van der Waals surface area contributed by atoms with E-state index in [0.29, 0.717) is 12.0 Å². The third-order valence-electron chi connectivity index (χ3n) is 4.68. The van der Waals surface area contributed by atoms with Crippen molar-refractivity contribution in [2.24, 2.45) is 5.92 Å². The van der Waals surface area contributed by atoms with Crippen molar-refractivity contribution < 1.29 is 5.11 Å². The Morgan fingerprint density at radius 3 is 2.95 bits per heavy atom. The van der Waals surface area contributed by atoms with Crippen LogP contribution in [0.2, 0.25) is 0 Å². The number of hydrogen-bond acceptors (Lipinski definition) is 3. The first-order valence-corrected chi connectivity index (χ1v) is 8.03. The van der Waals surface area contributed by atoms with E-state index >= 15 is 0 Å². The van der Waals surface area contributed by atoms with Gasteiger partial charge in [0.15, 0.2) is 0 Å². The molecule has 2 atom stereocenters. The molecule has 1 aliphatic carbocycles. The second kappa shape index (κ2) is 6.17. The Balaban J connectivity index is 1.66. The van der Waals surface area contributed by atoms with E-state index in [1.165, 1.54) is 24.8 Å². The number of hydrogen-bond donors (Lipinski definition) is 1. The van der Waals surface area contributed by atoms with E-state index in [0.717, 1.165) is 25.9 Å². The normalized spacial score (nSPS) is 25.7. The smallest absolute Gasteiger partial charge is 0.125 e. The molecule has 1 aliphatic heterocycles. The van der Waals surface area contributed by atoms with E-state index < -0.39 is 5.60 Å². The van der Waals surface area contributed by atoms with Gasteiger partial charge >= 0.3 is 0 Å². The summed E-state index contributed by atoms with van der Waals surface area (Å²) in [7, 11) is 0. The highest BCUT2D eigenvalue weighted by Crippen LogP contribution is 2.39. The quantitative estimate of drug-likeness (QED) is 0.867. The summed E-state index contributed by atoms with van der Waals surface area (Å²) in [4.78, 5) is 6.67. The number of piperidine rings is 1. The number of rotatable bonds is 3. The van der Waals surface area contributed by atoms with Crippen LogP contribution in [-0.4, -0.2) is 33.7 Å². The summed E-state index contributed by atoms with van der Waals surface area (Å²) >= 11 is 0. The van der Waals surface area contributed by atoms with Gasteiger partial charge in [0.1, 0.15) is 5.60 Å². The van der Waals surface area contributed by atoms with Crippen LogP contribution in [0, 0.1) is 17.8 Å². The van der Waals surface area contributed by atoms with Crippen LogP contribution in [0.4, 0.5) is 0 Å². The zero-order chi connectivity index (χ0) is 14.7. The maximum Gasteiger partial charge on any atom is 0.125 e. The monoisotopic (exact) mass is 284 g/mol. The minimum Gasteiger partial charge on any atom is -0.378 e. The molecule has 2 heterocycles. The van der Waals surface area contributed by atoms with Gasteiger partial charge in [0, 0.05) is 18.4 Å². The molecule has 2 fully saturated rings. The van der Waals surface area contributed by atoms with E-state index in [9.17, 15) is 5.11 Å². The molecule has 0 aromatic carbocycles. The third kappa shape index (κ3) is 3.64. The van der Waals surface area contributed by atoms with Crippen molar-refractivity contribution >= 4 is 0 Å². The molecule has 3 heteroatoms. The highest BCUT2D eigenvalue weighted by atomic mass is 16.3. The molecule has 0 unspecified atom stereocenters. The number of pyridine rings is 1. The van der Waals surface area contributed by atoms with Crippen molar-refractivity contribution in [3.63, 3.8) is 0 Å². The molecular formula is C18H24N2O. The fraction of sp³-hybridized carbons (Fsp3) is 0.611. The Morgan fingerprint density at radius 2 is 2.24 bits per heavy atom. The molecule has 1 aromatic rings. The van der Waals surface area contributed by atoms with Gasteiger partial charge in [-0.25, -0.2) is 0 Å². The third-order valence-corrected chi connectivity index (χ3v) is 4.68. The first kappa shape index (κ1) is 14.6. The van der Waals surface area contributed by atoms with Gasteiger partial charge < -0.3 is 5.11 Å². The summed E-state index contributed by atoms with van der Waals surface area (Å²) < 4.78 is 0. The lowest BCUT2D eigenvalue weighted by Crippen LogP contribution is -2.34. The van der Waals surface area contributed by atoms with Crippen molar-refractivity contribution in [1.82, 2.24) is 9.88 Å². The average molecular weight is 284 g/mol. The predicted octanol–water partition coefficient (Wildman–Crippen LogP) is 2.77. The zero-order valence-electron chi connectivity index (χ0n) is 12.8. The van der Waals surface area contributed by atoms with E-state index in [-0.39, 0.29) is 0 Å². The molecule has 3 nitrogen and oxygen atoms in total. The summed E-state index contributed by atoms with van der Waals surface area (Å²) in [5.74, 6) is 6.70. The first-order valence-electron chi connectivity index (χ1n) is 8.03. The van der Waals surface area contributed by atoms with Gasteiger partial charge in [-0.15, -0.1) is 0 Å². The van der Waals surface area contributed by atoms with E-state index in [2.05, 4.69) is 27.8 Å². The minimum absolute atomic E-state index is 0.389. The van der Waals surface area contributed by atoms with E-state index in [1.807, 2.05) is 25.4 Å². The Bertz CT molecular complexity index is 525. The van der Waals surface area contributed by atoms with Gasteiger partial charge in [-0.2, -0.15) is 0 Å². The molecule has 0 bridgehead atoms. The van der Waals surface area contributed by atoms with Crippen LogP contribution in [0.25, 0.3) is 0 Å². The molecule has 1 N–H and O–H groups in total. The van der Waals surface area contributed by atoms with Gasteiger partial charge in [-0.3, -0.25) is 9.88 Å². The van der Waals surface area contributed by atoms with Crippen LogP contribution in [0.15, 0.2) is 24.5 Å². The van der Waals surface area contributed by atoms with Crippen molar-refractivity contribution in [3.8, 4) is 11.8 Å².